The largest absolute Gasteiger partial charge is 0.349 e. The van der Waals surface area contributed by atoms with Gasteiger partial charge >= 0.3 is 0 Å². The van der Waals surface area contributed by atoms with E-state index in [1.165, 1.54) is 4.68 Å². The summed E-state index contributed by atoms with van der Waals surface area (Å²) in [5.74, 6) is -0.0607. The van der Waals surface area contributed by atoms with Crippen molar-refractivity contribution >= 4 is 21.8 Å². The lowest BCUT2D eigenvalue weighted by molar-refractivity contribution is -0.123. The normalized spacial score (nSPS) is 16.0. The standard InChI is InChI=1S/C18H24BrF2N5O/c1-18(2,3)12(9-25-8-4-7-22-25)23-13(27)10-26-16(11-5-6-11)14(19)15(24-26)17(20)21/h4,7-8,11-12,17H,5-6,9-10H2,1-3H3,(H,23,27)/t12-/m1/s1. The highest BCUT2D eigenvalue weighted by Gasteiger charge is 2.34. The summed E-state index contributed by atoms with van der Waals surface area (Å²) in [5, 5.41) is 11.2. The summed E-state index contributed by atoms with van der Waals surface area (Å²) in [6, 6.07) is 1.67. The smallest absolute Gasteiger partial charge is 0.283 e. The second-order valence-corrected chi connectivity index (χ2v) is 8.82. The van der Waals surface area contributed by atoms with Crippen molar-refractivity contribution < 1.29 is 13.6 Å². The zero-order valence-electron chi connectivity index (χ0n) is 15.6. The van der Waals surface area contributed by atoms with E-state index < -0.39 is 6.43 Å². The van der Waals surface area contributed by atoms with Gasteiger partial charge in [0.25, 0.3) is 6.43 Å². The van der Waals surface area contributed by atoms with Crippen LogP contribution in [0, 0.1) is 5.41 Å². The second kappa shape index (κ2) is 7.69. The molecule has 0 aliphatic heterocycles. The molecule has 1 atom stereocenters. The lowest BCUT2D eigenvalue weighted by atomic mass is 9.86. The number of nitrogens with one attached hydrogen (secondary N) is 1. The minimum atomic E-state index is -2.68. The molecule has 0 radical (unpaired) electrons. The lowest BCUT2D eigenvalue weighted by Crippen LogP contribution is -2.47. The van der Waals surface area contributed by atoms with Crippen molar-refractivity contribution in [1.82, 2.24) is 24.9 Å². The van der Waals surface area contributed by atoms with Crippen LogP contribution in [0.3, 0.4) is 0 Å². The topological polar surface area (TPSA) is 64.7 Å². The monoisotopic (exact) mass is 443 g/mol. The van der Waals surface area contributed by atoms with Crippen molar-refractivity contribution in [3.63, 3.8) is 0 Å². The van der Waals surface area contributed by atoms with Crippen LogP contribution in [-0.4, -0.2) is 31.5 Å². The lowest BCUT2D eigenvalue weighted by Gasteiger charge is -2.31. The highest BCUT2D eigenvalue weighted by atomic mass is 79.9. The molecule has 0 saturated heterocycles. The fraction of sp³-hybridized carbons (Fsp3) is 0.611. The van der Waals surface area contributed by atoms with E-state index in [2.05, 4.69) is 31.4 Å². The molecular weight excluding hydrogens is 420 g/mol. The third-order valence-corrected chi connectivity index (χ3v) is 5.54. The van der Waals surface area contributed by atoms with Crippen molar-refractivity contribution in [3.8, 4) is 0 Å². The van der Waals surface area contributed by atoms with Crippen molar-refractivity contribution in [3.05, 3.63) is 34.3 Å². The molecule has 2 aromatic heterocycles. The van der Waals surface area contributed by atoms with Gasteiger partial charge in [-0.3, -0.25) is 14.2 Å². The van der Waals surface area contributed by atoms with Gasteiger partial charge in [-0.2, -0.15) is 10.2 Å². The Hall–Kier alpha value is -1.77. The molecule has 9 heteroatoms. The van der Waals surface area contributed by atoms with Gasteiger partial charge in [-0.25, -0.2) is 8.78 Å². The number of aromatic nitrogens is 4. The molecule has 1 N–H and O–H groups in total. The predicted molar refractivity (Wildman–Crippen MR) is 100 cm³/mol. The second-order valence-electron chi connectivity index (χ2n) is 8.03. The summed E-state index contributed by atoms with van der Waals surface area (Å²) in [7, 11) is 0. The van der Waals surface area contributed by atoms with Gasteiger partial charge < -0.3 is 5.32 Å². The number of hydrogen-bond acceptors (Lipinski definition) is 3. The highest BCUT2D eigenvalue weighted by molar-refractivity contribution is 9.10. The van der Waals surface area contributed by atoms with Crippen molar-refractivity contribution in [1.29, 1.82) is 0 Å². The summed E-state index contributed by atoms with van der Waals surface area (Å²) < 4.78 is 29.9. The van der Waals surface area contributed by atoms with Gasteiger partial charge in [0, 0.05) is 18.3 Å². The van der Waals surface area contributed by atoms with Crippen LogP contribution in [0.1, 0.15) is 57.3 Å². The zero-order chi connectivity index (χ0) is 19.8. The van der Waals surface area contributed by atoms with Gasteiger partial charge in [0.05, 0.1) is 22.8 Å². The molecule has 27 heavy (non-hydrogen) atoms. The molecule has 2 aromatic rings. The Balaban J connectivity index is 1.75. The van der Waals surface area contributed by atoms with Gasteiger partial charge in [0.15, 0.2) is 0 Å². The van der Waals surface area contributed by atoms with E-state index in [9.17, 15) is 13.6 Å². The van der Waals surface area contributed by atoms with Crippen molar-refractivity contribution in [2.45, 2.75) is 65.1 Å². The van der Waals surface area contributed by atoms with Crippen LogP contribution in [0.5, 0.6) is 0 Å². The first-order valence-corrected chi connectivity index (χ1v) is 9.77. The summed E-state index contributed by atoms with van der Waals surface area (Å²) in [4.78, 5) is 12.7. The molecule has 0 aromatic carbocycles. The first-order valence-electron chi connectivity index (χ1n) is 8.98. The van der Waals surface area contributed by atoms with E-state index in [0.29, 0.717) is 16.7 Å². The molecule has 148 valence electrons. The maximum Gasteiger partial charge on any atom is 0.283 e. The Kier molecular flexibility index (Phi) is 5.69. The molecule has 1 saturated carbocycles. The minimum absolute atomic E-state index is 0.0805. The Morgan fingerprint density at radius 3 is 2.63 bits per heavy atom. The molecule has 0 bridgehead atoms. The van der Waals surface area contributed by atoms with Crippen molar-refractivity contribution in [2.24, 2.45) is 5.41 Å². The quantitative estimate of drug-likeness (QED) is 0.705. The first kappa shape index (κ1) is 20.0. The predicted octanol–water partition coefficient (Wildman–Crippen LogP) is 3.89. The molecule has 3 rings (SSSR count). The molecule has 1 aliphatic rings. The molecule has 0 unspecified atom stereocenters. The summed E-state index contributed by atoms with van der Waals surface area (Å²) in [5.41, 5.74) is 0.202. The van der Waals surface area contributed by atoms with E-state index in [-0.39, 0.29) is 35.5 Å². The van der Waals surface area contributed by atoms with Crippen LogP contribution in [0.25, 0.3) is 0 Å². The summed E-state index contributed by atoms with van der Waals surface area (Å²) in [6.07, 6.45) is 2.71. The highest BCUT2D eigenvalue weighted by Crippen LogP contribution is 2.45. The Morgan fingerprint density at radius 2 is 2.11 bits per heavy atom. The molecule has 1 fully saturated rings. The fourth-order valence-electron chi connectivity index (χ4n) is 2.99. The maximum atomic E-state index is 13.2. The number of carbonyl (C=O) groups is 1. The van der Waals surface area contributed by atoms with Gasteiger partial charge in [-0.1, -0.05) is 20.8 Å². The third-order valence-electron chi connectivity index (χ3n) is 4.73. The van der Waals surface area contributed by atoms with Gasteiger partial charge in [0.2, 0.25) is 5.91 Å². The molecule has 0 spiro atoms. The average molecular weight is 444 g/mol. The third kappa shape index (κ3) is 4.75. The van der Waals surface area contributed by atoms with Crippen LogP contribution < -0.4 is 5.32 Å². The maximum absolute atomic E-state index is 13.2. The average Bonchev–Trinajstić information content (AvgIpc) is 3.14. The number of hydrogen-bond donors (Lipinski definition) is 1. The molecule has 1 amide bonds. The van der Waals surface area contributed by atoms with E-state index in [1.54, 1.807) is 10.9 Å². The van der Waals surface area contributed by atoms with Crippen LogP contribution >= 0.6 is 15.9 Å². The van der Waals surface area contributed by atoms with Crippen LogP contribution in [0.4, 0.5) is 8.78 Å². The van der Waals surface area contributed by atoms with E-state index in [1.807, 2.05) is 33.0 Å². The fourth-order valence-corrected chi connectivity index (χ4v) is 3.77. The van der Waals surface area contributed by atoms with Gasteiger partial charge in [-0.05, 0) is 40.3 Å². The van der Waals surface area contributed by atoms with E-state index in [4.69, 9.17) is 0 Å². The molecule has 1 aliphatic carbocycles. The number of rotatable bonds is 7. The Bertz CT molecular complexity index is 794. The van der Waals surface area contributed by atoms with E-state index in [0.717, 1.165) is 12.8 Å². The van der Waals surface area contributed by atoms with E-state index >= 15 is 0 Å². The first-order chi connectivity index (χ1) is 12.7. The number of alkyl halides is 2. The zero-order valence-corrected chi connectivity index (χ0v) is 17.2. The number of amides is 1. The van der Waals surface area contributed by atoms with Crippen LogP contribution in [-0.2, 0) is 17.9 Å². The van der Waals surface area contributed by atoms with Gasteiger partial charge in [-0.15, -0.1) is 0 Å². The van der Waals surface area contributed by atoms with Gasteiger partial charge in [0.1, 0.15) is 12.2 Å². The molecular formula is C18H24BrF2N5O. The van der Waals surface area contributed by atoms with Crippen LogP contribution in [0.2, 0.25) is 0 Å². The molecule has 2 heterocycles. The minimum Gasteiger partial charge on any atom is -0.349 e. The van der Waals surface area contributed by atoms with Crippen LogP contribution in [0.15, 0.2) is 22.9 Å². The number of nitrogens with zero attached hydrogens (tertiary/aromatic N) is 4. The SMILES string of the molecule is CC(C)(C)[C@@H](Cn1cccn1)NC(=O)Cn1nc(C(F)F)c(Br)c1C1CC1. The summed E-state index contributed by atoms with van der Waals surface area (Å²) >= 11 is 3.25. The van der Waals surface area contributed by atoms with Crippen molar-refractivity contribution in [2.75, 3.05) is 0 Å². The Morgan fingerprint density at radius 1 is 1.41 bits per heavy atom. The molecule has 6 nitrogen and oxygen atoms in total. The number of halogens is 3. The summed E-state index contributed by atoms with van der Waals surface area (Å²) in [6.45, 7) is 6.56. The Labute approximate surface area is 165 Å². The number of carbonyl (C=O) groups excluding carboxylic acids is 1.